The maximum Gasteiger partial charge on any atom is 0.251 e. The number of amidine groups is 1. The number of hydrogen-bond donors (Lipinski definition) is 3. The largest absolute Gasteiger partial charge is 0.409 e. The molecular formula is C12H16ClN3O2. The zero-order valence-corrected chi connectivity index (χ0v) is 10.8. The van der Waals surface area contributed by atoms with Crippen LogP contribution < -0.4 is 11.1 Å². The van der Waals surface area contributed by atoms with Gasteiger partial charge in [0.1, 0.15) is 5.84 Å². The van der Waals surface area contributed by atoms with E-state index in [-0.39, 0.29) is 17.8 Å². The fraction of sp³-hybridized carbons (Fsp3) is 0.333. The molecule has 0 radical (unpaired) electrons. The molecule has 18 heavy (non-hydrogen) atoms. The number of carbonyl (C=O) groups is 1. The average molecular weight is 270 g/mol. The SMILES string of the molecule is CCC(CC(N)=NO)NC(=O)c1ccc(Cl)cc1. The van der Waals surface area contributed by atoms with E-state index in [4.69, 9.17) is 22.5 Å². The van der Waals surface area contributed by atoms with Gasteiger partial charge in [-0.15, -0.1) is 0 Å². The van der Waals surface area contributed by atoms with Crippen LogP contribution in [-0.2, 0) is 0 Å². The maximum atomic E-state index is 11.9. The van der Waals surface area contributed by atoms with E-state index in [1.807, 2.05) is 6.92 Å². The quantitative estimate of drug-likeness (QED) is 0.331. The van der Waals surface area contributed by atoms with Gasteiger partial charge in [0, 0.05) is 23.0 Å². The molecule has 5 nitrogen and oxygen atoms in total. The number of nitrogens with two attached hydrogens (primary N) is 1. The van der Waals surface area contributed by atoms with Crippen molar-refractivity contribution in [3.05, 3.63) is 34.9 Å². The smallest absolute Gasteiger partial charge is 0.251 e. The van der Waals surface area contributed by atoms with Crippen LogP contribution in [-0.4, -0.2) is 23.0 Å². The van der Waals surface area contributed by atoms with E-state index in [9.17, 15) is 4.79 Å². The third-order valence-corrected chi connectivity index (χ3v) is 2.77. The fourth-order valence-electron chi connectivity index (χ4n) is 1.46. The van der Waals surface area contributed by atoms with Crippen molar-refractivity contribution >= 4 is 23.3 Å². The van der Waals surface area contributed by atoms with E-state index in [0.29, 0.717) is 23.4 Å². The Hall–Kier alpha value is -1.75. The summed E-state index contributed by atoms with van der Waals surface area (Å²) < 4.78 is 0. The molecule has 0 aliphatic rings. The Kier molecular flexibility index (Phi) is 5.45. The lowest BCUT2D eigenvalue weighted by Gasteiger charge is -2.16. The summed E-state index contributed by atoms with van der Waals surface area (Å²) in [4.78, 5) is 11.9. The van der Waals surface area contributed by atoms with Crippen LogP contribution in [0.5, 0.6) is 0 Å². The Bertz CT molecular complexity index is 431. The molecule has 0 spiro atoms. The van der Waals surface area contributed by atoms with E-state index in [1.165, 1.54) is 0 Å². The van der Waals surface area contributed by atoms with Gasteiger partial charge in [-0.1, -0.05) is 23.7 Å². The van der Waals surface area contributed by atoms with Crippen molar-refractivity contribution in [2.24, 2.45) is 10.9 Å². The first-order valence-corrected chi connectivity index (χ1v) is 5.97. The van der Waals surface area contributed by atoms with Crippen molar-refractivity contribution in [3.8, 4) is 0 Å². The molecule has 1 aromatic carbocycles. The summed E-state index contributed by atoms with van der Waals surface area (Å²) in [7, 11) is 0. The molecule has 1 amide bonds. The number of rotatable bonds is 5. The van der Waals surface area contributed by atoms with Crippen molar-refractivity contribution in [2.75, 3.05) is 0 Å². The number of hydrogen-bond acceptors (Lipinski definition) is 3. The Labute approximate surface area is 111 Å². The van der Waals surface area contributed by atoms with Crippen LogP contribution in [0.1, 0.15) is 30.1 Å². The zero-order valence-electron chi connectivity index (χ0n) is 10.1. The van der Waals surface area contributed by atoms with Crippen LogP contribution in [0.2, 0.25) is 5.02 Å². The highest BCUT2D eigenvalue weighted by molar-refractivity contribution is 6.30. The second-order valence-electron chi connectivity index (χ2n) is 3.88. The highest BCUT2D eigenvalue weighted by Crippen LogP contribution is 2.10. The standard InChI is InChI=1S/C12H16ClN3O2/c1-2-10(7-11(14)16-18)15-12(17)8-3-5-9(13)6-4-8/h3-6,10,18H,2,7H2,1H3,(H2,14,16)(H,15,17). The van der Waals surface area contributed by atoms with Crippen LogP contribution in [0, 0.1) is 0 Å². The molecule has 1 unspecified atom stereocenters. The van der Waals surface area contributed by atoms with E-state index in [2.05, 4.69) is 10.5 Å². The van der Waals surface area contributed by atoms with Crippen molar-refractivity contribution in [3.63, 3.8) is 0 Å². The molecule has 4 N–H and O–H groups in total. The van der Waals surface area contributed by atoms with Gasteiger partial charge in [0.25, 0.3) is 5.91 Å². The highest BCUT2D eigenvalue weighted by Gasteiger charge is 2.13. The Morgan fingerprint density at radius 3 is 2.61 bits per heavy atom. The summed E-state index contributed by atoms with van der Waals surface area (Å²) >= 11 is 5.75. The molecule has 0 fully saturated rings. The number of oxime groups is 1. The van der Waals surface area contributed by atoms with Gasteiger partial charge in [-0.3, -0.25) is 4.79 Å². The summed E-state index contributed by atoms with van der Waals surface area (Å²) in [5, 5.41) is 14.8. The van der Waals surface area contributed by atoms with E-state index in [0.717, 1.165) is 0 Å². The van der Waals surface area contributed by atoms with Crippen molar-refractivity contribution < 1.29 is 10.0 Å². The molecule has 0 bridgehead atoms. The number of nitrogens with one attached hydrogen (secondary N) is 1. The van der Waals surface area contributed by atoms with Crippen LogP contribution in [0.4, 0.5) is 0 Å². The third-order valence-electron chi connectivity index (χ3n) is 2.52. The monoisotopic (exact) mass is 269 g/mol. The van der Waals surface area contributed by atoms with Gasteiger partial charge in [0.05, 0.1) is 0 Å². The third kappa shape index (κ3) is 4.25. The minimum absolute atomic E-state index is 0.0956. The molecule has 1 rings (SSSR count). The van der Waals surface area contributed by atoms with Gasteiger partial charge in [-0.2, -0.15) is 0 Å². The number of nitrogens with zero attached hydrogens (tertiary/aromatic N) is 1. The Morgan fingerprint density at radius 2 is 2.11 bits per heavy atom. The molecule has 0 heterocycles. The molecule has 98 valence electrons. The lowest BCUT2D eigenvalue weighted by Crippen LogP contribution is -2.37. The average Bonchev–Trinajstić information content (AvgIpc) is 2.38. The normalized spacial score (nSPS) is 13.1. The summed E-state index contributed by atoms with van der Waals surface area (Å²) in [5.74, 6) is -0.109. The van der Waals surface area contributed by atoms with E-state index in [1.54, 1.807) is 24.3 Å². The van der Waals surface area contributed by atoms with E-state index >= 15 is 0 Å². The lowest BCUT2D eigenvalue weighted by atomic mass is 10.1. The fourth-order valence-corrected chi connectivity index (χ4v) is 1.59. The molecule has 0 aromatic heterocycles. The molecule has 1 atom stereocenters. The van der Waals surface area contributed by atoms with Crippen LogP contribution in [0.25, 0.3) is 0 Å². The first kappa shape index (κ1) is 14.3. The number of amides is 1. The van der Waals surface area contributed by atoms with Gasteiger partial charge in [-0.05, 0) is 30.7 Å². The zero-order chi connectivity index (χ0) is 13.5. The number of halogens is 1. The topological polar surface area (TPSA) is 87.7 Å². The lowest BCUT2D eigenvalue weighted by molar-refractivity contribution is 0.0937. The summed E-state index contributed by atoms with van der Waals surface area (Å²) in [6.45, 7) is 1.91. The van der Waals surface area contributed by atoms with Gasteiger partial charge in [0.15, 0.2) is 0 Å². The van der Waals surface area contributed by atoms with Crippen molar-refractivity contribution in [1.29, 1.82) is 0 Å². The molecular weight excluding hydrogens is 254 g/mol. The second kappa shape index (κ2) is 6.86. The summed E-state index contributed by atoms with van der Waals surface area (Å²) in [6.07, 6.45) is 1.00. The van der Waals surface area contributed by atoms with Gasteiger partial charge in [-0.25, -0.2) is 0 Å². The van der Waals surface area contributed by atoms with Gasteiger partial charge < -0.3 is 16.3 Å². The number of benzene rings is 1. The molecule has 0 aliphatic heterocycles. The highest BCUT2D eigenvalue weighted by atomic mass is 35.5. The second-order valence-corrected chi connectivity index (χ2v) is 4.32. The number of carbonyl (C=O) groups excluding carboxylic acids is 1. The molecule has 0 saturated heterocycles. The van der Waals surface area contributed by atoms with Crippen molar-refractivity contribution in [2.45, 2.75) is 25.8 Å². The van der Waals surface area contributed by atoms with Crippen LogP contribution in [0.15, 0.2) is 29.4 Å². The maximum absolute atomic E-state index is 11.9. The summed E-state index contributed by atoms with van der Waals surface area (Å²) in [6, 6.07) is 6.44. The predicted molar refractivity (Wildman–Crippen MR) is 71.0 cm³/mol. The van der Waals surface area contributed by atoms with Crippen molar-refractivity contribution in [1.82, 2.24) is 5.32 Å². The molecule has 0 aliphatic carbocycles. The van der Waals surface area contributed by atoms with Crippen LogP contribution >= 0.6 is 11.6 Å². The molecule has 1 aromatic rings. The first-order chi connectivity index (χ1) is 8.56. The van der Waals surface area contributed by atoms with Crippen LogP contribution in [0.3, 0.4) is 0 Å². The Morgan fingerprint density at radius 1 is 1.50 bits per heavy atom. The minimum atomic E-state index is -0.204. The predicted octanol–water partition coefficient (Wildman–Crippen LogP) is 1.98. The van der Waals surface area contributed by atoms with Gasteiger partial charge >= 0.3 is 0 Å². The summed E-state index contributed by atoms with van der Waals surface area (Å²) in [5.41, 5.74) is 5.94. The molecule has 6 heteroatoms. The first-order valence-electron chi connectivity index (χ1n) is 5.59. The van der Waals surface area contributed by atoms with E-state index < -0.39 is 0 Å². The minimum Gasteiger partial charge on any atom is -0.409 e. The molecule has 0 saturated carbocycles. The Balaban J connectivity index is 2.64. The van der Waals surface area contributed by atoms with Gasteiger partial charge in [0.2, 0.25) is 0 Å².